The Labute approximate surface area is 241 Å². The van der Waals surface area contributed by atoms with Crippen molar-refractivity contribution >= 4 is 40.9 Å². The van der Waals surface area contributed by atoms with Crippen molar-refractivity contribution in [1.29, 1.82) is 0 Å². The number of rotatable bonds is 9. The van der Waals surface area contributed by atoms with Crippen LogP contribution in [0.3, 0.4) is 0 Å². The number of fused-ring (bicyclic) bond motifs is 1. The zero-order valence-corrected chi connectivity index (χ0v) is 23.7. The Morgan fingerprint density at radius 2 is 1.93 bits per heavy atom. The van der Waals surface area contributed by atoms with Crippen LogP contribution in [0.5, 0.6) is 17.2 Å². The Balaban J connectivity index is 1.53. The third kappa shape index (κ3) is 5.59. The lowest BCUT2D eigenvalue weighted by Gasteiger charge is -2.29. The number of phenolic OH excluding ortho intramolecular Hbond substituents is 1. The summed E-state index contributed by atoms with van der Waals surface area (Å²) in [5.41, 5.74) is 3.26. The number of hydrogen-bond acceptors (Lipinski definition) is 8. The van der Waals surface area contributed by atoms with Crippen LogP contribution in [0.15, 0.2) is 83.2 Å². The van der Waals surface area contributed by atoms with Crippen LogP contribution in [-0.2, 0) is 10.5 Å². The highest BCUT2D eigenvalue weighted by molar-refractivity contribution is 7.98. The average molecular weight is 578 g/mol. The summed E-state index contributed by atoms with van der Waals surface area (Å²) in [6.45, 7) is 4.17. The van der Waals surface area contributed by atoms with E-state index in [1.54, 1.807) is 28.9 Å². The molecule has 0 saturated heterocycles. The van der Waals surface area contributed by atoms with E-state index in [9.17, 15) is 9.90 Å². The molecule has 3 N–H and O–H groups in total. The lowest BCUT2D eigenvalue weighted by Crippen LogP contribution is -2.31. The quantitative estimate of drug-likeness (QED) is 0.200. The molecule has 1 aromatic heterocycles. The number of aromatic hydroxyl groups is 1. The number of anilines is 2. The number of para-hydroxylation sites is 2. The van der Waals surface area contributed by atoms with Gasteiger partial charge in [-0.2, -0.15) is 4.98 Å². The molecule has 1 aliphatic rings. The van der Waals surface area contributed by atoms with Crippen molar-refractivity contribution in [2.45, 2.75) is 30.8 Å². The first-order valence-corrected chi connectivity index (χ1v) is 14.0. The molecule has 9 nitrogen and oxygen atoms in total. The minimum absolute atomic E-state index is 0.00710. The third-order valence-electron chi connectivity index (χ3n) is 6.35. The van der Waals surface area contributed by atoms with Crippen LogP contribution in [0.2, 0.25) is 5.02 Å². The summed E-state index contributed by atoms with van der Waals surface area (Å²) < 4.78 is 12.8. The van der Waals surface area contributed by atoms with E-state index in [-0.39, 0.29) is 17.4 Å². The van der Waals surface area contributed by atoms with Gasteiger partial charge in [-0.3, -0.25) is 4.79 Å². The van der Waals surface area contributed by atoms with Gasteiger partial charge in [0.1, 0.15) is 11.8 Å². The summed E-state index contributed by atoms with van der Waals surface area (Å²) in [6, 6.07) is 19.2. The molecule has 3 aromatic carbocycles. The number of thioether (sulfide) groups is 1. The van der Waals surface area contributed by atoms with Crippen LogP contribution in [-0.4, -0.2) is 39.5 Å². The molecular formula is C29H28ClN5O4S. The molecule has 5 rings (SSSR count). The number of halogens is 1. The summed E-state index contributed by atoms with van der Waals surface area (Å²) >= 11 is 7.78. The van der Waals surface area contributed by atoms with Crippen molar-refractivity contribution < 1.29 is 19.4 Å². The number of allylic oxidation sites excluding steroid dienone is 1. The zero-order chi connectivity index (χ0) is 28.2. The molecule has 40 heavy (non-hydrogen) atoms. The second-order valence-electron chi connectivity index (χ2n) is 8.92. The highest BCUT2D eigenvalue weighted by Gasteiger charge is 2.35. The van der Waals surface area contributed by atoms with Crippen LogP contribution in [0.4, 0.5) is 11.6 Å². The number of nitrogens with one attached hydrogen (secondary N) is 2. The van der Waals surface area contributed by atoms with Gasteiger partial charge in [0.25, 0.3) is 5.91 Å². The number of ether oxygens (including phenoxy) is 2. The molecule has 2 heterocycles. The van der Waals surface area contributed by atoms with Gasteiger partial charge in [-0.15, -0.1) is 5.10 Å². The Bertz CT molecular complexity index is 1590. The SMILES string of the molecule is CCOc1ccccc1NC(=O)C1=C(C)Nc2nc(SCc3ccccc3Cl)nn2C1c1ccc(O)c(OC)c1. The number of nitrogens with zero attached hydrogens (tertiary/aromatic N) is 3. The fraction of sp³-hybridized carbons (Fsp3) is 0.207. The number of phenols is 1. The predicted molar refractivity (Wildman–Crippen MR) is 156 cm³/mol. The van der Waals surface area contributed by atoms with Gasteiger partial charge in [0.05, 0.1) is 25.0 Å². The maximum atomic E-state index is 13.9. The van der Waals surface area contributed by atoms with Gasteiger partial charge in [-0.25, -0.2) is 4.68 Å². The van der Waals surface area contributed by atoms with Gasteiger partial charge in [0.2, 0.25) is 11.1 Å². The summed E-state index contributed by atoms with van der Waals surface area (Å²) in [6.07, 6.45) is 0. The molecule has 0 aliphatic carbocycles. The molecular weight excluding hydrogens is 550 g/mol. The fourth-order valence-corrected chi connectivity index (χ4v) is 5.57. The van der Waals surface area contributed by atoms with Crippen LogP contribution in [0.25, 0.3) is 0 Å². The van der Waals surface area contributed by atoms with E-state index in [1.165, 1.54) is 24.9 Å². The number of aromatic nitrogens is 3. The van der Waals surface area contributed by atoms with Gasteiger partial charge in [-0.1, -0.05) is 59.8 Å². The lowest BCUT2D eigenvalue weighted by molar-refractivity contribution is -0.113. The number of methoxy groups -OCH3 is 1. The molecule has 1 aliphatic heterocycles. The van der Waals surface area contributed by atoms with E-state index in [2.05, 4.69) is 10.6 Å². The first kappa shape index (κ1) is 27.4. The lowest BCUT2D eigenvalue weighted by atomic mass is 9.94. The Hall–Kier alpha value is -4.15. The fourth-order valence-electron chi connectivity index (χ4n) is 4.46. The van der Waals surface area contributed by atoms with Crippen molar-refractivity contribution in [3.05, 3.63) is 94.1 Å². The first-order valence-electron chi connectivity index (χ1n) is 12.6. The molecule has 4 aromatic rings. The average Bonchev–Trinajstić information content (AvgIpc) is 3.35. The molecule has 0 saturated carbocycles. The Kier molecular flexibility index (Phi) is 8.18. The number of amides is 1. The predicted octanol–water partition coefficient (Wildman–Crippen LogP) is 6.26. The smallest absolute Gasteiger partial charge is 0.255 e. The number of carbonyl (C=O) groups is 1. The minimum Gasteiger partial charge on any atom is -0.504 e. The van der Waals surface area contributed by atoms with Crippen molar-refractivity contribution in [3.63, 3.8) is 0 Å². The summed E-state index contributed by atoms with van der Waals surface area (Å²) in [5.74, 6) is 1.58. The zero-order valence-electron chi connectivity index (χ0n) is 22.1. The second kappa shape index (κ2) is 11.9. The highest BCUT2D eigenvalue weighted by Crippen LogP contribution is 2.40. The van der Waals surface area contributed by atoms with E-state index in [0.717, 1.165) is 5.56 Å². The van der Waals surface area contributed by atoms with Crippen LogP contribution >= 0.6 is 23.4 Å². The topological polar surface area (TPSA) is 111 Å². The molecule has 0 radical (unpaired) electrons. The van der Waals surface area contributed by atoms with Gasteiger partial charge < -0.3 is 25.2 Å². The van der Waals surface area contributed by atoms with Gasteiger partial charge in [-0.05, 0) is 55.3 Å². The summed E-state index contributed by atoms with van der Waals surface area (Å²) in [4.78, 5) is 18.6. The maximum absolute atomic E-state index is 13.9. The van der Waals surface area contributed by atoms with Gasteiger partial charge in [0.15, 0.2) is 11.5 Å². The molecule has 1 atom stereocenters. The van der Waals surface area contributed by atoms with Gasteiger partial charge in [0, 0.05) is 16.5 Å². The van der Waals surface area contributed by atoms with Crippen LogP contribution < -0.4 is 20.1 Å². The monoisotopic (exact) mass is 577 g/mol. The van der Waals surface area contributed by atoms with Crippen LogP contribution in [0.1, 0.15) is 31.0 Å². The summed E-state index contributed by atoms with van der Waals surface area (Å²) in [5, 5.41) is 22.5. The molecule has 11 heteroatoms. The van der Waals surface area contributed by atoms with Crippen LogP contribution in [0, 0.1) is 0 Å². The van der Waals surface area contributed by atoms with E-state index in [0.29, 0.717) is 56.8 Å². The molecule has 1 unspecified atom stereocenters. The minimum atomic E-state index is -0.660. The molecule has 1 amide bonds. The number of benzene rings is 3. The molecule has 0 fully saturated rings. The first-order chi connectivity index (χ1) is 19.4. The summed E-state index contributed by atoms with van der Waals surface area (Å²) in [7, 11) is 1.48. The highest BCUT2D eigenvalue weighted by atomic mass is 35.5. The Morgan fingerprint density at radius 1 is 1.15 bits per heavy atom. The Morgan fingerprint density at radius 3 is 2.70 bits per heavy atom. The largest absolute Gasteiger partial charge is 0.504 e. The van der Waals surface area contributed by atoms with Gasteiger partial charge >= 0.3 is 0 Å². The molecule has 206 valence electrons. The number of hydrogen-bond donors (Lipinski definition) is 3. The van der Waals surface area contributed by atoms with Crippen molar-refractivity contribution in [2.24, 2.45) is 0 Å². The normalized spacial score (nSPS) is 14.3. The van der Waals surface area contributed by atoms with E-state index in [1.807, 2.05) is 50.2 Å². The number of carbonyl (C=O) groups excluding carboxylic acids is 1. The van der Waals surface area contributed by atoms with E-state index in [4.69, 9.17) is 31.2 Å². The van der Waals surface area contributed by atoms with E-state index >= 15 is 0 Å². The van der Waals surface area contributed by atoms with Crippen molar-refractivity contribution in [1.82, 2.24) is 14.8 Å². The standard InChI is InChI=1S/C29H28ClN5O4S/c1-4-39-23-12-8-7-11-21(23)32-27(37)25-17(2)31-28-33-29(40-16-19-9-5-6-10-20(19)30)34-35(28)26(25)18-13-14-22(36)24(15-18)38-3/h5-15,26,36H,4,16H2,1-3H3,(H,32,37)(H,31,33,34). The van der Waals surface area contributed by atoms with Crippen molar-refractivity contribution in [3.8, 4) is 17.2 Å². The molecule has 0 spiro atoms. The van der Waals surface area contributed by atoms with E-state index < -0.39 is 6.04 Å². The third-order valence-corrected chi connectivity index (χ3v) is 7.60. The maximum Gasteiger partial charge on any atom is 0.255 e. The molecule has 0 bridgehead atoms. The van der Waals surface area contributed by atoms with Crippen molar-refractivity contribution in [2.75, 3.05) is 24.4 Å². The second-order valence-corrected chi connectivity index (χ2v) is 10.3.